The zero-order valence-electron chi connectivity index (χ0n) is 15.5. The Bertz CT molecular complexity index is 781. The summed E-state index contributed by atoms with van der Waals surface area (Å²) in [7, 11) is 4.69. The molecule has 138 valence electrons. The predicted octanol–water partition coefficient (Wildman–Crippen LogP) is 3.10. The number of carbonyl (C=O) groups is 1. The molecule has 26 heavy (non-hydrogen) atoms. The van der Waals surface area contributed by atoms with Gasteiger partial charge in [-0.05, 0) is 25.0 Å². The Morgan fingerprint density at radius 2 is 1.73 bits per heavy atom. The molecule has 0 saturated carbocycles. The van der Waals surface area contributed by atoms with E-state index in [2.05, 4.69) is 11.4 Å². The Hall–Kier alpha value is -2.89. The molecule has 1 amide bonds. The fourth-order valence-electron chi connectivity index (χ4n) is 3.28. The number of methoxy groups -OCH3 is 3. The molecule has 0 aromatic heterocycles. The predicted molar refractivity (Wildman–Crippen MR) is 102 cm³/mol. The SMILES string of the molecule is COc1cc(N[C@@H](C)C(=O)N2CCc3ccccc32)cc(OC)c1OC. The van der Waals surface area contributed by atoms with E-state index in [0.717, 1.165) is 17.8 Å². The Morgan fingerprint density at radius 3 is 2.35 bits per heavy atom. The van der Waals surface area contributed by atoms with E-state index < -0.39 is 6.04 Å². The molecule has 0 unspecified atom stereocenters. The summed E-state index contributed by atoms with van der Waals surface area (Å²) in [6.45, 7) is 2.56. The third-order valence-corrected chi connectivity index (χ3v) is 4.57. The Balaban J connectivity index is 1.80. The molecule has 1 atom stereocenters. The number of anilines is 2. The standard InChI is InChI=1S/C20H24N2O4/c1-13(20(23)22-10-9-14-7-5-6-8-16(14)22)21-15-11-17(24-2)19(26-4)18(12-15)25-3/h5-8,11-13,21H,9-10H2,1-4H3/t13-/m0/s1. The topological polar surface area (TPSA) is 60.0 Å². The van der Waals surface area contributed by atoms with Gasteiger partial charge in [-0.2, -0.15) is 0 Å². The van der Waals surface area contributed by atoms with Gasteiger partial charge in [0, 0.05) is 30.1 Å². The fourth-order valence-corrected chi connectivity index (χ4v) is 3.28. The van der Waals surface area contributed by atoms with Crippen LogP contribution in [-0.4, -0.2) is 39.8 Å². The number of nitrogens with one attached hydrogen (secondary N) is 1. The van der Waals surface area contributed by atoms with E-state index in [9.17, 15) is 4.79 Å². The second-order valence-corrected chi connectivity index (χ2v) is 6.15. The van der Waals surface area contributed by atoms with Gasteiger partial charge in [-0.15, -0.1) is 0 Å². The van der Waals surface area contributed by atoms with Crippen LogP contribution in [0.5, 0.6) is 17.2 Å². The molecule has 3 rings (SSSR count). The molecule has 2 aromatic carbocycles. The van der Waals surface area contributed by atoms with Gasteiger partial charge < -0.3 is 24.4 Å². The molecule has 0 bridgehead atoms. The molecule has 6 nitrogen and oxygen atoms in total. The lowest BCUT2D eigenvalue weighted by molar-refractivity contribution is -0.118. The summed E-state index contributed by atoms with van der Waals surface area (Å²) in [6.07, 6.45) is 0.888. The van der Waals surface area contributed by atoms with Crippen LogP contribution >= 0.6 is 0 Å². The lowest BCUT2D eigenvalue weighted by atomic mass is 10.2. The lowest BCUT2D eigenvalue weighted by Gasteiger charge is -2.23. The van der Waals surface area contributed by atoms with Gasteiger partial charge in [-0.3, -0.25) is 4.79 Å². The summed E-state index contributed by atoms with van der Waals surface area (Å²) >= 11 is 0. The molecule has 6 heteroatoms. The minimum atomic E-state index is -0.399. The molecule has 0 spiro atoms. The summed E-state index contributed by atoms with van der Waals surface area (Å²) in [5.74, 6) is 1.64. The van der Waals surface area contributed by atoms with Gasteiger partial charge in [0.25, 0.3) is 0 Å². The highest BCUT2D eigenvalue weighted by Gasteiger charge is 2.28. The first-order chi connectivity index (χ1) is 12.6. The third-order valence-electron chi connectivity index (χ3n) is 4.57. The quantitative estimate of drug-likeness (QED) is 0.862. The first-order valence-electron chi connectivity index (χ1n) is 8.54. The molecular formula is C20H24N2O4. The van der Waals surface area contributed by atoms with E-state index in [-0.39, 0.29) is 5.91 Å². The van der Waals surface area contributed by atoms with Crippen LogP contribution in [0.15, 0.2) is 36.4 Å². The molecular weight excluding hydrogens is 332 g/mol. The Morgan fingerprint density at radius 1 is 1.08 bits per heavy atom. The number of amides is 1. The van der Waals surface area contributed by atoms with Crippen molar-refractivity contribution in [3.05, 3.63) is 42.0 Å². The zero-order chi connectivity index (χ0) is 18.7. The van der Waals surface area contributed by atoms with Crippen molar-refractivity contribution in [3.63, 3.8) is 0 Å². The number of rotatable bonds is 6. The summed E-state index contributed by atoms with van der Waals surface area (Å²) in [6, 6.07) is 11.2. The average molecular weight is 356 g/mol. The zero-order valence-corrected chi connectivity index (χ0v) is 15.5. The number of para-hydroxylation sites is 1. The third kappa shape index (κ3) is 3.27. The molecule has 1 heterocycles. The van der Waals surface area contributed by atoms with Crippen LogP contribution in [0.4, 0.5) is 11.4 Å². The highest BCUT2D eigenvalue weighted by Crippen LogP contribution is 2.40. The van der Waals surface area contributed by atoms with Gasteiger partial charge in [0.2, 0.25) is 11.7 Å². The van der Waals surface area contributed by atoms with Crippen LogP contribution in [0.3, 0.4) is 0 Å². The van der Waals surface area contributed by atoms with Gasteiger partial charge >= 0.3 is 0 Å². The highest BCUT2D eigenvalue weighted by atomic mass is 16.5. The largest absolute Gasteiger partial charge is 0.493 e. The van der Waals surface area contributed by atoms with Crippen molar-refractivity contribution in [2.45, 2.75) is 19.4 Å². The first-order valence-corrected chi connectivity index (χ1v) is 8.54. The van der Waals surface area contributed by atoms with Crippen molar-refractivity contribution >= 4 is 17.3 Å². The van der Waals surface area contributed by atoms with Crippen LogP contribution in [0.25, 0.3) is 0 Å². The van der Waals surface area contributed by atoms with E-state index in [1.165, 1.54) is 5.56 Å². The van der Waals surface area contributed by atoms with Crippen LogP contribution < -0.4 is 24.4 Å². The molecule has 0 radical (unpaired) electrons. The molecule has 1 aliphatic heterocycles. The smallest absolute Gasteiger partial charge is 0.249 e. The fraction of sp³-hybridized carbons (Fsp3) is 0.350. The number of hydrogen-bond donors (Lipinski definition) is 1. The number of benzene rings is 2. The summed E-state index contributed by atoms with van der Waals surface area (Å²) in [5.41, 5.74) is 2.93. The minimum Gasteiger partial charge on any atom is -0.493 e. The molecule has 2 aromatic rings. The van der Waals surface area contributed by atoms with E-state index in [0.29, 0.717) is 23.8 Å². The first kappa shape index (κ1) is 17.9. The second-order valence-electron chi connectivity index (χ2n) is 6.15. The van der Waals surface area contributed by atoms with Crippen molar-refractivity contribution in [1.29, 1.82) is 0 Å². The summed E-state index contributed by atoms with van der Waals surface area (Å²) in [5, 5.41) is 3.24. The number of carbonyl (C=O) groups excluding carboxylic acids is 1. The van der Waals surface area contributed by atoms with Gasteiger partial charge in [0.1, 0.15) is 6.04 Å². The molecule has 0 saturated heterocycles. The second kappa shape index (κ2) is 7.56. The van der Waals surface area contributed by atoms with Crippen LogP contribution in [0, 0.1) is 0 Å². The number of fused-ring (bicyclic) bond motifs is 1. The van der Waals surface area contributed by atoms with Crippen molar-refractivity contribution < 1.29 is 19.0 Å². The average Bonchev–Trinajstić information content (AvgIpc) is 3.10. The van der Waals surface area contributed by atoms with Crippen molar-refractivity contribution in [3.8, 4) is 17.2 Å². The maximum absolute atomic E-state index is 12.9. The Labute approximate surface area is 153 Å². The molecule has 1 N–H and O–H groups in total. The molecule has 0 fully saturated rings. The maximum atomic E-state index is 12.9. The van der Waals surface area contributed by atoms with Crippen LogP contribution in [-0.2, 0) is 11.2 Å². The normalized spacial score (nSPS) is 13.8. The van der Waals surface area contributed by atoms with E-state index in [4.69, 9.17) is 14.2 Å². The van der Waals surface area contributed by atoms with E-state index >= 15 is 0 Å². The van der Waals surface area contributed by atoms with Crippen molar-refractivity contribution in [2.75, 3.05) is 38.1 Å². The van der Waals surface area contributed by atoms with Crippen molar-refractivity contribution in [1.82, 2.24) is 0 Å². The van der Waals surface area contributed by atoms with Gasteiger partial charge in [-0.25, -0.2) is 0 Å². The van der Waals surface area contributed by atoms with Crippen LogP contribution in [0.1, 0.15) is 12.5 Å². The van der Waals surface area contributed by atoms with Crippen molar-refractivity contribution in [2.24, 2.45) is 0 Å². The Kier molecular flexibility index (Phi) is 5.21. The van der Waals surface area contributed by atoms with E-state index in [1.54, 1.807) is 33.5 Å². The summed E-state index contributed by atoms with van der Waals surface area (Å²) < 4.78 is 16.1. The maximum Gasteiger partial charge on any atom is 0.249 e. The van der Waals surface area contributed by atoms with Gasteiger partial charge in [0.15, 0.2) is 11.5 Å². The van der Waals surface area contributed by atoms with Gasteiger partial charge in [-0.1, -0.05) is 18.2 Å². The molecule has 0 aliphatic carbocycles. The number of hydrogen-bond acceptors (Lipinski definition) is 5. The molecule has 1 aliphatic rings. The van der Waals surface area contributed by atoms with Crippen LogP contribution in [0.2, 0.25) is 0 Å². The minimum absolute atomic E-state index is 0.0312. The number of ether oxygens (including phenoxy) is 3. The monoisotopic (exact) mass is 356 g/mol. The van der Waals surface area contributed by atoms with Gasteiger partial charge in [0.05, 0.1) is 21.3 Å². The lowest BCUT2D eigenvalue weighted by Crippen LogP contribution is -2.40. The summed E-state index contributed by atoms with van der Waals surface area (Å²) in [4.78, 5) is 14.8. The van der Waals surface area contributed by atoms with E-state index in [1.807, 2.05) is 30.0 Å². The number of nitrogens with zero attached hydrogens (tertiary/aromatic N) is 1. The highest BCUT2D eigenvalue weighted by molar-refractivity contribution is 6.00.